The summed E-state index contributed by atoms with van der Waals surface area (Å²) in [6, 6.07) is 7.90. The molecule has 1 aliphatic rings. The number of nitrogens with two attached hydrogens (primary N) is 1. The van der Waals surface area contributed by atoms with E-state index in [1.54, 1.807) is 6.92 Å². The molecule has 0 aliphatic carbocycles. The molecule has 3 nitrogen and oxygen atoms in total. The molecule has 0 amide bonds. The van der Waals surface area contributed by atoms with E-state index in [2.05, 4.69) is 0 Å². The maximum absolute atomic E-state index is 11.9. The number of benzene rings is 1. The topological polar surface area (TPSA) is 52.3 Å². The molecule has 17 heavy (non-hydrogen) atoms. The van der Waals surface area contributed by atoms with Crippen molar-refractivity contribution in [3.63, 3.8) is 0 Å². The molecule has 1 fully saturated rings. The highest BCUT2D eigenvalue weighted by atomic mass is 16.5. The molecule has 0 spiro atoms. The van der Waals surface area contributed by atoms with Gasteiger partial charge in [0.1, 0.15) is 5.78 Å². The van der Waals surface area contributed by atoms with Gasteiger partial charge in [0, 0.05) is 13.2 Å². The summed E-state index contributed by atoms with van der Waals surface area (Å²) in [4.78, 5) is 11.9. The largest absolute Gasteiger partial charge is 0.377 e. The molecule has 2 unspecified atom stereocenters. The maximum atomic E-state index is 11.9. The van der Waals surface area contributed by atoms with Crippen molar-refractivity contribution in [3.8, 4) is 0 Å². The van der Waals surface area contributed by atoms with E-state index in [-0.39, 0.29) is 17.8 Å². The molecule has 1 aromatic rings. The fraction of sp³-hybridized carbons (Fsp3) is 0.500. The standard InChI is InChI=1S/C14H19NO2/c1-10(16)14(13-7-4-8-17-13)12-6-3-2-5-11(12)9-15/h2-3,5-6,13-14H,4,7-9,15H2,1H3. The van der Waals surface area contributed by atoms with Crippen LogP contribution in [0.1, 0.15) is 36.8 Å². The Hall–Kier alpha value is -1.19. The molecule has 3 heteroatoms. The summed E-state index contributed by atoms with van der Waals surface area (Å²) in [6.07, 6.45) is 2.03. The van der Waals surface area contributed by atoms with Crippen LogP contribution in [0, 0.1) is 0 Å². The van der Waals surface area contributed by atoms with E-state index in [1.807, 2.05) is 24.3 Å². The van der Waals surface area contributed by atoms with Gasteiger partial charge in [0.25, 0.3) is 0 Å². The molecular formula is C14H19NO2. The van der Waals surface area contributed by atoms with E-state index in [9.17, 15) is 4.79 Å². The lowest BCUT2D eigenvalue weighted by Gasteiger charge is -2.23. The third-order valence-corrected chi connectivity index (χ3v) is 3.38. The van der Waals surface area contributed by atoms with Gasteiger partial charge in [-0.05, 0) is 30.9 Å². The van der Waals surface area contributed by atoms with Crippen molar-refractivity contribution in [2.24, 2.45) is 5.73 Å². The molecule has 92 valence electrons. The lowest BCUT2D eigenvalue weighted by atomic mass is 9.85. The predicted octanol–water partition coefficient (Wildman–Crippen LogP) is 2.00. The Morgan fingerprint density at radius 1 is 1.53 bits per heavy atom. The third-order valence-electron chi connectivity index (χ3n) is 3.38. The number of hydrogen-bond acceptors (Lipinski definition) is 3. The zero-order valence-electron chi connectivity index (χ0n) is 10.2. The predicted molar refractivity (Wildman–Crippen MR) is 66.7 cm³/mol. The summed E-state index contributed by atoms with van der Waals surface area (Å²) in [6.45, 7) is 2.87. The molecule has 2 atom stereocenters. The Labute approximate surface area is 102 Å². The van der Waals surface area contributed by atoms with E-state index in [0.29, 0.717) is 6.54 Å². The number of carbonyl (C=O) groups excluding carboxylic acids is 1. The molecule has 1 saturated heterocycles. The fourth-order valence-electron chi connectivity index (χ4n) is 2.57. The summed E-state index contributed by atoms with van der Waals surface area (Å²) >= 11 is 0. The van der Waals surface area contributed by atoms with Gasteiger partial charge in [-0.3, -0.25) is 4.79 Å². The molecule has 1 heterocycles. The average molecular weight is 233 g/mol. The van der Waals surface area contributed by atoms with Gasteiger partial charge in [-0.2, -0.15) is 0 Å². The highest BCUT2D eigenvalue weighted by molar-refractivity contribution is 5.84. The number of carbonyl (C=O) groups is 1. The zero-order valence-corrected chi connectivity index (χ0v) is 10.2. The Balaban J connectivity index is 2.34. The van der Waals surface area contributed by atoms with Crippen LogP contribution in [0.3, 0.4) is 0 Å². The van der Waals surface area contributed by atoms with E-state index < -0.39 is 0 Å². The molecule has 2 N–H and O–H groups in total. The first-order valence-corrected chi connectivity index (χ1v) is 6.14. The quantitative estimate of drug-likeness (QED) is 0.865. The number of Topliss-reactive ketones (excluding diaryl/α,β-unsaturated/α-hetero) is 1. The Morgan fingerprint density at radius 2 is 2.29 bits per heavy atom. The van der Waals surface area contributed by atoms with Gasteiger partial charge in [0.15, 0.2) is 0 Å². The van der Waals surface area contributed by atoms with Crippen LogP contribution >= 0.6 is 0 Å². The molecule has 1 aromatic carbocycles. The highest BCUT2D eigenvalue weighted by Crippen LogP contribution is 2.31. The van der Waals surface area contributed by atoms with Crippen molar-refractivity contribution in [2.75, 3.05) is 6.61 Å². The number of rotatable bonds is 4. The van der Waals surface area contributed by atoms with E-state index in [1.165, 1.54) is 0 Å². The van der Waals surface area contributed by atoms with Crippen LogP contribution in [-0.2, 0) is 16.1 Å². The van der Waals surface area contributed by atoms with Crippen LogP contribution in [0.25, 0.3) is 0 Å². The van der Waals surface area contributed by atoms with Crippen molar-refractivity contribution in [1.82, 2.24) is 0 Å². The summed E-state index contributed by atoms with van der Waals surface area (Å²) in [5.74, 6) is 0.00931. The monoisotopic (exact) mass is 233 g/mol. The smallest absolute Gasteiger partial charge is 0.139 e. The Bertz CT molecular complexity index is 397. The molecule has 0 saturated carbocycles. The minimum Gasteiger partial charge on any atom is -0.377 e. The van der Waals surface area contributed by atoms with Crippen molar-refractivity contribution >= 4 is 5.78 Å². The lowest BCUT2D eigenvalue weighted by Crippen LogP contribution is -2.25. The first-order valence-electron chi connectivity index (χ1n) is 6.14. The van der Waals surface area contributed by atoms with Gasteiger partial charge >= 0.3 is 0 Å². The summed E-state index contributed by atoms with van der Waals surface area (Å²) in [5.41, 5.74) is 7.82. The van der Waals surface area contributed by atoms with Crippen molar-refractivity contribution in [3.05, 3.63) is 35.4 Å². The summed E-state index contributed by atoms with van der Waals surface area (Å²) in [7, 11) is 0. The van der Waals surface area contributed by atoms with Crippen molar-refractivity contribution in [1.29, 1.82) is 0 Å². The van der Waals surface area contributed by atoms with E-state index in [4.69, 9.17) is 10.5 Å². The highest BCUT2D eigenvalue weighted by Gasteiger charge is 2.31. The van der Waals surface area contributed by atoms with Crippen LogP contribution in [0.15, 0.2) is 24.3 Å². The average Bonchev–Trinajstić information content (AvgIpc) is 2.83. The van der Waals surface area contributed by atoms with Crippen LogP contribution in [0.2, 0.25) is 0 Å². The molecular weight excluding hydrogens is 214 g/mol. The maximum Gasteiger partial charge on any atom is 0.139 e. The Morgan fingerprint density at radius 3 is 2.88 bits per heavy atom. The SMILES string of the molecule is CC(=O)C(c1ccccc1CN)C1CCCO1. The second kappa shape index (κ2) is 5.43. The number of ketones is 1. The molecule has 2 rings (SSSR count). The van der Waals surface area contributed by atoms with Crippen LogP contribution < -0.4 is 5.73 Å². The van der Waals surface area contributed by atoms with Crippen molar-refractivity contribution < 1.29 is 9.53 Å². The van der Waals surface area contributed by atoms with Gasteiger partial charge in [-0.1, -0.05) is 24.3 Å². The lowest BCUT2D eigenvalue weighted by molar-refractivity contribution is -0.121. The minimum absolute atomic E-state index is 0.0280. The van der Waals surface area contributed by atoms with Crippen LogP contribution in [-0.4, -0.2) is 18.5 Å². The Kier molecular flexibility index (Phi) is 3.92. The van der Waals surface area contributed by atoms with Gasteiger partial charge in [0.2, 0.25) is 0 Å². The molecule has 0 aromatic heterocycles. The van der Waals surface area contributed by atoms with Gasteiger partial charge < -0.3 is 10.5 Å². The second-order valence-corrected chi connectivity index (χ2v) is 4.54. The third kappa shape index (κ3) is 2.56. The minimum atomic E-state index is -0.155. The van der Waals surface area contributed by atoms with E-state index >= 15 is 0 Å². The number of ether oxygens (including phenoxy) is 1. The van der Waals surface area contributed by atoms with Crippen LogP contribution in [0.5, 0.6) is 0 Å². The first kappa shape index (κ1) is 12.3. The van der Waals surface area contributed by atoms with Gasteiger partial charge in [0.05, 0.1) is 12.0 Å². The van der Waals surface area contributed by atoms with Crippen LogP contribution in [0.4, 0.5) is 0 Å². The summed E-state index contributed by atoms with van der Waals surface area (Å²) in [5, 5.41) is 0. The molecule has 1 aliphatic heterocycles. The zero-order chi connectivity index (χ0) is 12.3. The first-order chi connectivity index (χ1) is 8.24. The fourth-order valence-corrected chi connectivity index (χ4v) is 2.57. The molecule has 0 bridgehead atoms. The second-order valence-electron chi connectivity index (χ2n) is 4.54. The molecule has 0 radical (unpaired) electrons. The normalized spacial score (nSPS) is 21.4. The number of hydrogen-bond donors (Lipinski definition) is 1. The van der Waals surface area contributed by atoms with E-state index in [0.717, 1.165) is 30.6 Å². The van der Waals surface area contributed by atoms with Crippen molar-refractivity contribution in [2.45, 2.75) is 38.3 Å². The van der Waals surface area contributed by atoms with Gasteiger partial charge in [-0.25, -0.2) is 0 Å². The van der Waals surface area contributed by atoms with Gasteiger partial charge in [-0.15, -0.1) is 0 Å². The summed E-state index contributed by atoms with van der Waals surface area (Å²) < 4.78 is 5.67.